The summed E-state index contributed by atoms with van der Waals surface area (Å²) >= 11 is -2.04. The van der Waals surface area contributed by atoms with E-state index in [0.29, 0.717) is 0 Å². The van der Waals surface area contributed by atoms with Crippen molar-refractivity contribution >= 4 is 22.2 Å². The molecule has 0 spiro atoms. The number of fused-ring (bicyclic) bond motifs is 1. The summed E-state index contributed by atoms with van der Waals surface area (Å²) in [6, 6.07) is 5.51. The van der Waals surface area contributed by atoms with E-state index >= 15 is 0 Å². The van der Waals surface area contributed by atoms with Gasteiger partial charge in [-0.3, -0.25) is 4.55 Å². The van der Waals surface area contributed by atoms with Crippen molar-refractivity contribution in [2.75, 3.05) is 27.7 Å². The quantitative estimate of drug-likeness (QED) is 0.849. The highest BCUT2D eigenvalue weighted by Crippen LogP contribution is 2.26. The molecule has 6 heteroatoms. The van der Waals surface area contributed by atoms with E-state index in [1.807, 2.05) is 20.2 Å². The molecule has 2 rings (SSSR count). The van der Waals surface area contributed by atoms with Gasteiger partial charge in [0.15, 0.2) is 0 Å². The number of methoxy groups -OCH3 is 1. The second-order valence-electron chi connectivity index (χ2n) is 4.65. The Morgan fingerprint density at radius 1 is 1.42 bits per heavy atom. The molecule has 0 bridgehead atoms. The van der Waals surface area contributed by atoms with Gasteiger partial charge in [0, 0.05) is 18.1 Å². The molecule has 1 N–H and O–H groups in total. The van der Waals surface area contributed by atoms with Gasteiger partial charge in [0.25, 0.3) is 11.3 Å². The summed E-state index contributed by atoms with van der Waals surface area (Å²) in [6.45, 7) is 0.883. The zero-order chi connectivity index (χ0) is 14.0. The van der Waals surface area contributed by atoms with Crippen LogP contribution in [0.25, 0.3) is 10.9 Å². The number of rotatable bonds is 5. The van der Waals surface area contributed by atoms with Gasteiger partial charge in [-0.2, -0.15) is 0 Å². The van der Waals surface area contributed by atoms with Crippen molar-refractivity contribution in [2.45, 2.75) is 6.42 Å². The normalized spacial score (nSPS) is 13.1. The van der Waals surface area contributed by atoms with Crippen LogP contribution in [0.5, 0.6) is 5.75 Å². The van der Waals surface area contributed by atoms with E-state index in [1.165, 1.54) is 3.97 Å². The molecule has 2 aromatic rings. The molecular formula is C13H18N2O3S. The van der Waals surface area contributed by atoms with Crippen molar-refractivity contribution in [3.8, 4) is 5.75 Å². The van der Waals surface area contributed by atoms with Crippen LogP contribution in [0.3, 0.4) is 0 Å². The summed E-state index contributed by atoms with van der Waals surface area (Å²) in [4.78, 5) is 2.08. The minimum absolute atomic E-state index is 0.746. The van der Waals surface area contributed by atoms with Crippen molar-refractivity contribution in [2.24, 2.45) is 0 Å². The molecule has 19 heavy (non-hydrogen) atoms. The van der Waals surface area contributed by atoms with Crippen LogP contribution >= 0.6 is 0 Å². The van der Waals surface area contributed by atoms with Crippen molar-refractivity contribution in [3.05, 3.63) is 30.0 Å². The summed E-state index contributed by atoms with van der Waals surface area (Å²) < 4.78 is 27.3. The SMILES string of the molecule is COc1ccc2c(c1)c(CCN(C)C)cn2S(=O)O. The largest absolute Gasteiger partial charge is 0.497 e. The van der Waals surface area contributed by atoms with Crippen LogP contribution < -0.4 is 4.74 Å². The van der Waals surface area contributed by atoms with Gasteiger partial charge in [-0.25, -0.2) is 8.18 Å². The van der Waals surface area contributed by atoms with Crippen LogP contribution in [0, 0.1) is 0 Å². The van der Waals surface area contributed by atoms with E-state index in [9.17, 15) is 8.76 Å². The van der Waals surface area contributed by atoms with E-state index in [4.69, 9.17) is 4.74 Å². The molecule has 0 aliphatic heterocycles. The standard InChI is InChI=1S/C13H18N2O3S/c1-14(2)7-6-10-9-15(19(16)17)13-5-4-11(18-3)8-12(10)13/h4-5,8-9H,6-7H2,1-3H3,(H,16,17). The van der Waals surface area contributed by atoms with E-state index < -0.39 is 11.3 Å². The lowest BCUT2D eigenvalue weighted by molar-refractivity contribution is 0.413. The van der Waals surface area contributed by atoms with E-state index in [-0.39, 0.29) is 0 Å². The average Bonchev–Trinajstić information content (AvgIpc) is 2.74. The molecule has 1 heterocycles. The summed E-state index contributed by atoms with van der Waals surface area (Å²) in [5.74, 6) is 0.750. The number of benzene rings is 1. The highest BCUT2D eigenvalue weighted by molar-refractivity contribution is 7.77. The van der Waals surface area contributed by atoms with Crippen LogP contribution in [0.15, 0.2) is 24.4 Å². The molecule has 0 aliphatic rings. The maximum Gasteiger partial charge on any atom is 0.266 e. The zero-order valence-corrected chi connectivity index (χ0v) is 12.1. The number of hydrogen-bond acceptors (Lipinski definition) is 3. The smallest absolute Gasteiger partial charge is 0.266 e. The molecule has 0 saturated heterocycles. The van der Waals surface area contributed by atoms with Crippen LogP contribution in [-0.4, -0.2) is 45.4 Å². The highest BCUT2D eigenvalue weighted by atomic mass is 32.2. The molecule has 1 atom stereocenters. The van der Waals surface area contributed by atoms with Gasteiger partial charge in [-0.1, -0.05) is 0 Å². The first-order chi connectivity index (χ1) is 9.02. The van der Waals surface area contributed by atoms with Gasteiger partial charge >= 0.3 is 0 Å². The van der Waals surface area contributed by atoms with Gasteiger partial charge in [-0.15, -0.1) is 0 Å². The van der Waals surface area contributed by atoms with E-state index in [1.54, 1.807) is 25.4 Å². The molecule has 0 aliphatic carbocycles. The molecule has 5 nitrogen and oxygen atoms in total. The Labute approximate surface area is 115 Å². The van der Waals surface area contributed by atoms with Crippen molar-refractivity contribution in [1.82, 2.24) is 8.87 Å². The lowest BCUT2D eigenvalue weighted by atomic mass is 10.1. The fourth-order valence-electron chi connectivity index (χ4n) is 2.04. The van der Waals surface area contributed by atoms with Crippen molar-refractivity contribution < 1.29 is 13.5 Å². The number of ether oxygens (including phenoxy) is 1. The Morgan fingerprint density at radius 2 is 2.16 bits per heavy atom. The van der Waals surface area contributed by atoms with E-state index in [2.05, 4.69) is 4.90 Å². The molecule has 104 valence electrons. The second-order valence-corrected chi connectivity index (χ2v) is 5.50. The molecule has 0 amide bonds. The third kappa shape index (κ3) is 2.97. The van der Waals surface area contributed by atoms with Gasteiger partial charge in [0.05, 0.1) is 12.6 Å². The zero-order valence-electron chi connectivity index (χ0n) is 11.3. The monoisotopic (exact) mass is 282 g/mol. The Kier molecular flexibility index (Phi) is 4.24. The summed E-state index contributed by atoms with van der Waals surface area (Å²) in [6.07, 6.45) is 2.56. The summed E-state index contributed by atoms with van der Waals surface area (Å²) in [5.41, 5.74) is 1.79. The first-order valence-electron chi connectivity index (χ1n) is 5.97. The number of hydrogen-bond donors (Lipinski definition) is 1. The maximum absolute atomic E-state index is 11.4. The average molecular weight is 282 g/mol. The van der Waals surface area contributed by atoms with Crippen molar-refractivity contribution in [1.29, 1.82) is 0 Å². The number of nitrogens with zero attached hydrogens (tertiary/aromatic N) is 2. The number of aromatic nitrogens is 1. The lowest BCUT2D eigenvalue weighted by Crippen LogP contribution is -2.14. The van der Waals surface area contributed by atoms with Crippen LogP contribution in [0.2, 0.25) is 0 Å². The molecule has 0 saturated carbocycles. The Balaban J connectivity index is 2.51. The van der Waals surface area contributed by atoms with Crippen LogP contribution in [-0.2, 0) is 17.7 Å². The predicted octanol–water partition coefficient (Wildman–Crippen LogP) is 1.74. The number of likely N-dealkylation sites (N-methyl/N-ethyl adjacent to an activating group) is 1. The minimum atomic E-state index is -2.04. The lowest BCUT2D eigenvalue weighted by Gasteiger charge is -2.08. The molecule has 0 radical (unpaired) electrons. The topological polar surface area (TPSA) is 54.7 Å². The Hall–Kier alpha value is -1.37. The minimum Gasteiger partial charge on any atom is -0.497 e. The van der Waals surface area contributed by atoms with E-state index in [0.717, 1.165) is 35.2 Å². The van der Waals surface area contributed by atoms with Crippen LogP contribution in [0.4, 0.5) is 0 Å². The molecule has 1 aromatic carbocycles. The van der Waals surface area contributed by atoms with Gasteiger partial charge in [0.2, 0.25) is 0 Å². The third-order valence-corrected chi connectivity index (χ3v) is 3.70. The first-order valence-corrected chi connectivity index (χ1v) is 7.03. The van der Waals surface area contributed by atoms with Crippen LogP contribution in [0.1, 0.15) is 5.56 Å². The molecule has 1 unspecified atom stereocenters. The molecular weight excluding hydrogens is 264 g/mol. The van der Waals surface area contributed by atoms with Gasteiger partial charge in [-0.05, 0) is 44.3 Å². The van der Waals surface area contributed by atoms with Crippen molar-refractivity contribution in [3.63, 3.8) is 0 Å². The maximum atomic E-state index is 11.4. The highest BCUT2D eigenvalue weighted by Gasteiger charge is 2.12. The van der Waals surface area contributed by atoms with Gasteiger partial charge < -0.3 is 9.64 Å². The predicted molar refractivity (Wildman–Crippen MR) is 76.9 cm³/mol. The van der Waals surface area contributed by atoms with Gasteiger partial charge in [0.1, 0.15) is 5.75 Å². The fourth-order valence-corrected chi connectivity index (χ4v) is 2.59. The Bertz CT molecular complexity index is 607. The first kappa shape index (κ1) is 14.0. The molecule has 0 fully saturated rings. The summed E-state index contributed by atoms with van der Waals surface area (Å²) in [5, 5.41) is 0.962. The molecule has 1 aromatic heterocycles. The fraction of sp³-hybridized carbons (Fsp3) is 0.385. The Morgan fingerprint density at radius 3 is 2.74 bits per heavy atom. The summed E-state index contributed by atoms with van der Waals surface area (Å²) in [7, 11) is 5.62. The third-order valence-electron chi connectivity index (χ3n) is 3.06. The second kappa shape index (κ2) is 5.73.